The summed E-state index contributed by atoms with van der Waals surface area (Å²) in [7, 11) is 0. The Morgan fingerprint density at radius 2 is 2.00 bits per heavy atom. The number of carbonyl (C=O) groups is 1. The second-order valence-electron chi connectivity index (χ2n) is 6.00. The fourth-order valence-electron chi connectivity index (χ4n) is 2.85. The molecule has 0 atom stereocenters. The van der Waals surface area contributed by atoms with Gasteiger partial charge in [-0.05, 0) is 29.8 Å². The van der Waals surface area contributed by atoms with Gasteiger partial charge in [0.1, 0.15) is 17.3 Å². The van der Waals surface area contributed by atoms with Gasteiger partial charge >= 0.3 is 0 Å². The van der Waals surface area contributed by atoms with Gasteiger partial charge in [0, 0.05) is 36.0 Å². The molecule has 0 spiro atoms. The fourth-order valence-corrected chi connectivity index (χ4v) is 2.85. The Bertz CT molecular complexity index is 1130. The summed E-state index contributed by atoms with van der Waals surface area (Å²) in [6.45, 7) is 0.228. The van der Waals surface area contributed by atoms with Crippen LogP contribution in [0.3, 0.4) is 0 Å². The van der Waals surface area contributed by atoms with Crippen molar-refractivity contribution in [2.75, 3.05) is 0 Å². The Labute approximate surface area is 153 Å². The summed E-state index contributed by atoms with van der Waals surface area (Å²) >= 11 is 0. The van der Waals surface area contributed by atoms with E-state index in [-0.39, 0.29) is 12.1 Å². The molecule has 0 saturated carbocycles. The predicted molar refractivity (Wildman–Crippen MR) is 96.9 cm³/mol. The summed E-state index contributed by atoms with van der Waals surface area (Å²) in [6, 6.07) is 12.1. The number of hydrogen-bond donors (Lipinski definition) is 2. The van der Waals surface area contributed by atoms with E-state index in [2.05, 4.69) is 20.5 Å². The number of fused-ring (bicyclic) bond motifs is 1. The van der Waals surface area contributed by atoms with Crippen LogP contribution in [0.2, 0.25) is 0 Å². The van der Waals surface area contributed by atoms with Crippen molar-refractivity contribution in [3.63, 3.8) is 0 Å². The van der Waals surface area contributed by atoms with Gasteiger partial charge in [-0.25, -0.2) is 8.78 Å². The number of rotatable bonds is 4. The number of benzene rings is 2. The third-order valence-electron chi connectivity index (χ3n) is 4.17. The van der Waals surface area contributed by atoms with Crippen molar-refractivity contribution >= 4 is 16.8 Å². The Balaban J connectivity index is 1.68. The summed E-state index contributed by atoms with van der Waals surface area (Å²) in [4.78, 5) is 16.4. The summed E-state index contributed by atoms with van der Waals surface area (Å²) in [5.41, 5.74) is 2.11. The molecule has 4 rings (SSSR count). The Morgan fingerprint density at radius 3 is 2.78 bits per heavy atom. The van der Waals surface area contributed by atoms with Gasteiger partial charge < -0.3 is 5.32 Å². The van der Waals surface area contributed by atoms with Crippen molar-refractivity contribution in [3.05, 3.63) is 83.7 Å². The van der Waals surface area contributed by atoms with Crippen molar-refractivity contribution in [1.82, 2.24) is 20.5 Å². The number of hydrogen-bond acceptors (Lipinski definition) is 3. The minimum atomic E-state index is -0.666. The van der Waals surface area contributed by atoms with E-state index in [1.165, 1.54) is 24.3 Å². The second-order valence-corrected chi connectivity index (χ2v) is 6.00. The summed E-state index contributed by atoms with van der Waals surface area (Å²) in [5, 5.41) is 10.1. The second kappa shape index (κ2) is 6.95. The highest BCUT2D eigenvalue weighted by molar-refractivity contribution is 6.01. The lowest BCUT2D eigenvalue weighted by Gasteiger charge is -2.07. The number of aromatic amines is 1. The van der Waals surface area contributed by atoms with Crippen LogP contribution in [0.15, 0.2) is 60.9 Å². The van der Waals surface area contributed by atoms with Gasteiger partial charge in [-0.15, -0.1) is 0 Å². The third-order valence-corrected chi connectivity index (χ3v) is 4.17. The van der Waals surface area contributed by atoms with Crippen LogP contribution in [0.25, 0.3) is 22.2 Å². The molecule has 27 heavy (non-hydrogen) atoms. The molecule has 134 valence electrons. The van der Waals surface area contributed by atoms with Gasteiger partial charge in [-0.3, -0.25) is 14.9 Å². The zero-order chi connectivity index (χ0) is 18.8. The lowest BCUT2D eigenvalue weighted by Crippen LogP contribution is -2.23. The van der Waals surface area contributed by atoms with Gasteiger partial charge in [-0.1, -0.05) is 18.2 Å². The minimum Gasteiger partial charge on any atom is -0.348 e. The topological polar surface area (TPSA) is 70.7 Å². The average molecular weight is 364 g/mol. The molecule has 0 bridgehead atoms. The molecule has 0 aliphatic heterocycles. The molecule has 0 unspecified atom stereocenters. The number of pyridine rings is 1. The lowest BCUT2D eigenvalue weighted by atomic mass is 10.0. The van der Waals surface area contributed by atoms with E-state index in [0.717, 1.165) is 5.56 Å². The average Bonchev–Trinajstić information content (AvgIpc) is 3.09. The molecular formula is C20H14F2N4O. The Morgan fingerprint density at radius 1 is 1.11 bits per heavy atom. The molecule has 2 aromatic heterocycles. The molecule has 2 aromatic carbocycles. The molecular weight excluding hydrogens is 350 g/mol. The first-order valence-electron chi connectivity index (χ1n) is 8.22. The largest absolute Gasteiger partial charge is 0.348 e. The van der Waals surface area contributed by atoms with E-state index in [0.29, 0.717) is 22.2 Å². The van der Waals surface area contributed by atoms with Crippen molar-refractivity contribution in [1.29, 1.82) is 0 Å². The Hall–Kier alpha value is -3.61. The zero-order valence-corrected chi connectivity index (χ0v) is 14.0. The van der Waals surface area contributed by atoms with E-state index >= 15 is 0 Å². The van der Waals surface area contributed by atoms with Gasteiger partial charge in [0.2, 0.25) is 0 Å². The number of amides is 1. The molecule has 5 nitrogen and oxygen atoms in total. The molecule has 2 N–H and O–H groups in total. The predicted octanol–water partition coefficient (Wildman–Crippen LogP) is 3.83. The standard InChI is InChI=1S/C20H14F2N4O/c21-14-5-1-4-13(7-14)19-16-8-15(17(22)9-18(16)25-26-19)20(27)24-11-12-3-2-6-23-10-12/h1-10H,11H2,(H,24,27)(H,25,26). The first-order chi connectivity index (χ1) is 13.1. The maximum Gasteiger partial charge on any atom is 0.254 e. The first-order valence-corrected chi connectivity index (χ1v) is 8.22. The molecule has 0 radical (unpaired) electrons. The van der Waals surface area contributed by atoms with E-state index in [1.54, 1.807) is 30.6 Å². The van der Waals surface area contributed by atoms with Crippen LogP contribution in [0.4, 0.5) is 8.78 Å². The highest BCUT2D eigenvalue weighted by Gasteiger charge is 2.17. The first kappa shape index (κ1) is 16.8. The maximum atomic E-state index is 14.4. The van der Waals surface area contributed by atoms with Crippen LogP contribution in [-0.2, 0) is 6.54 Å². The molecule has 1 amide bonds. The van der Waals surface area contributed by atoms with Gasteiger partial charge in [0.15, 0.2) is 0 Å². The normalized spacial score (nSPS) is 10.9. The number of H-pyrrole nitrogens is 1. The molecule has 7 heteroatoms. The van der Waals surface area contributed by atoms with Crippen LogP contribution in [0.5, 0.6) is 0 Å². The quantitative estimate of drug-likeness (QED) is 0.578. The highest BCUT2D eigenvalue weighted by atomic mass is 19.1. The van der Waals surface area contributed by atoms with Crippen LogP contribution in [0.1, 0.15) is 15.9 Å². The van der Waals surface area contributed by atoms with Gasteiger partial charge in [0.05, 0.1) is 11.1 Å². The van der Waals surface area contributed by atoms with Crippen molar-refractivity contribution < 1.29 is 13.6 Å². The number of aromatic nitrogens is 3. The molecule has 0 aliphatic rings. The monoisotopic (exact) mass is 364 g/mol. The Kier molecular flexibility index (Phi) is 4.33. The molecule has 0 fully saturated rings. The summed E-state index contributed by atoms with van der Waals surface area (Å²) < 4.78 is 27.9. The molecule has 0 aliphatic carbocycles. The van der Waals surface area contributed by atoms with Crippen LogP contribution in [0, 0.1) is 11.6 Å². The maximum absolute atomic E-state index is 14.4. The molecule has 0 saturated heterocycles. The molecule has 4 aromatic rings. The number of carbonyl (C=O) groups excluding carboxylic acids is 1. The van der Waals surface area contributed by atoms with Crippen molar-refractivity contribution in [2.24, 2.45) is 0 Å². The van der Waals surface area contributed by atoms with Crippen LogP contribution >= 0.6 is 0 Å². The SMILES string of the molecule is O=C(NCc1cccnc1)c1cc2c(-c3cccc(F)c3)n[nH]c2cc1F. The van der Waals surface area contributed by atoms with E-state index in [1.807, 2.05) is 6.07 Å². The summed E-state index contributed by atoms with van der Waals surface area (Å²) in [6.07, 6.45) is 3.25. The smallest absolute Gasteiger partial charge is 0.254 e. The van der Waals surface area contributed by atoms with E-state index in [4.69, 9.17) is 0 Å². The van der Waals surface area contributed by atoms with Gasteiger partial charge in [-0.2, -0.15) is 5.10 Å². The highest BCUT2D eigenvalue weighted by Crippen LogP contribution is 2.28. The summed E-state index contributed by atoms with van der Waals surface area (Å²) in [5.74, 6) is -1.62. The van der Waals surface area contributed by atoms with Crippen LogP contribution < -0.4 is 5.32 Å². The van der Waals surface area contributed by atoms with Crippen LogP contribution in [-0.4, -0.2) is 21.1 Å². The van der Waals surface area contributed by atoms with E-state index in [9.17, 15) is 13.6 Å². The number of nitrogens with zero attached hydrogens (tertiary/aromatic N) is 2. The minimum absolute atomic E-state index is 0.106. The number of nitrogens with one attached hydrogen (secondary N) is 2. The lowest BCUT2D eigenvalue weighted by molar-refractivity contribution is 0.0947. The molecule has 2 heterocycles. The van der Waals surface area contributed by atoms with E-state index < -0.39 is 17.5 Å². The van der Waals surface area contributed by atoms with Crippen molar-refractivity contribution in [2.45, 2.75) is 6.54 Å². The van der Waals surface area contributed by atoms with Gasteiger partial charge in [0.25, 0.3) is 5.91 Å². The fraction of sp³-hybridized carbons (Fsp3) is 0.0500. The zero-order valence-electron chi connectivity index (χ0n) is 14.0. The van der Waals surface area contributed by atoms with Crippen molar-refractivity contribution in [3.8, 4) is 11.3 Å². The number of halogens is 2. The third kappa shape index (κ3) is 3.39.